The smallest absolute Gasteiger partial charge is 0.356 e. The van der Waals surface area contributed by atoms with Gasteiger partial charge >= 0.3 is 6.18 Å². The van der Waals surface area contributed by atoms with Crippen LogP contribution in [-0.4, -0.2) is 9.36 Å². The van der Waals surface area contributed by atoms with Crippen molar-refractivity contribution in [1.29, 1.82) is 0 Å². The van der Waals surface area contributed by atoms with E-state index in [2.05, 4.69) is 14.7 Å². The molecule has 1 heterocycles. The Labute approximate surface area is 116 Å². The normalized spacial score (nSPS) is 11.6. The van der Waals surface area contributed by atoms with Crippen molar-refractivity contribution in [1.82, 2.24) is 9.36 Å². The molecule has 0 atom stereocenters. The van der Waals surface area contributed by atoms with Gasteiger partial charge in [0, 0.05) is 24.0 Å². The van der Waals surface area contributed by atoms with Gasteiger partial charge in [-0.3, -0.25) is 0 Å². The van der Waals surface area contributed by atoms with Crippen LogP contribution in [0.25, 0.3) is 0 Å². The van der Waals surface area contributed by atoms with Crippen LogP contribution in [-0.2, 0) is 18.6 Å². The minimum Gasteiger partial charge on any atom is -0.356 e. The molecule has 0 radical (unpaired) electrons. The highest BCUT2D eigenvalue weighted by atomic mass is 35.5. The van der Waals surface area contributed by atoms with E-state index in [9.17, 15) is 13.2 Å². The summed E-state index contributed by atoms with van der Waals surface area (Å²) in [6.07, 6.45) is -4.50. The van der Waals surface area contributed by atoms with Gasteiger partial charge in [0.05, 0.1) is 0 Å². The second-order valence-electron chi connectivity index (χ2n) is 3.73. The van der Waals surface area contributed by atoms with Crippen molar-refractivity contribution >= 4 is 28.3 Å². The average molecular weight is 308 g/mol. The van der Waals surface area contributed by atoms with Gasteiger partial charge in [0.1, 0.15) is 0 Å². The number of hydrogen-bond donors (Lipinski definition) is 1. The third kappa shape index (κ3) is 3.81. The standard InChI is InChI=1S/C11H9ClF3N3S/c12-5-7-2-1-3-8(4-7)6-16-10-17-9(18-19-10)11(13,14)15/h1-4H,5-6H2,(H,16,17,18). The summed E-state index contributed by atoms with van der Waals surface area (Å²) < 4.78 is 40.2. The van der Waals surface area contributed by atoms with Crippen molar-refractivity contribution < 1.29 is 13.2 Å². The third-order valence-corrected chi connectivity index (χ3v) is 3.25. The summed E-state index contributed by atoms with van der Waals surface area (Å²) in [6.45, 7) is 0.372. The van der Waals surface area contributed by atoms with E-state index >= 15 is 0 Å². The second-order valence-corrected chi connectivity index (χ2v) is 4.75. The number of nitrogens with one attached hydrogen (secondary N) is 1. The lowest BCUT2D eigenvalue weighted by Crippen LogP contribution is -2.07. The highest BCUT2D eigenvalue weighted by Crippen LogP contribution is 2.29. The minimum atomic E-state index is -4.50. The van der Waals surface area contributed by atoms with Gasteiger partial charge < -0.3 is 5.32 Å². The van der Waals surface area contributed by atoms with E-state index < -0.39 is 12.0 Å². The minimum absolute atomic E-state index is 0.142. The van der Waals surface area contributed by atoms with Crippen LogP contribution in [0.4, 0.5) is 18.3 Å². The number of aromatic nitrogens is 2. The molecule has 0 unspecified atom stereocenters. The Morgan fingerprint density at radius 3 is 2.63 bits per heavy atom. The number of rotatable bonds is 4. The van der Waals surface area contributed by atoms with E-state index in [-0.39, 0.29) is 5.13 Å². The number of alkyl halides is 4. The van der Waals surface area contributed by atoms with Gasteiger partial charge in [-0.15, -0.1) is 11.6 Å². The quantitative estimate of drug-likeness (QED) is 0.870. The molecule has 0 aliphatic heterocycles. The van der Waals surface area contributed by atoms with Gasteiger partial charge in [0.15, 0.2) is 0 Å². The number of benzene rings is 1. The molecule has 3 nitrogen and oxygen atoms in total. The van der Waals surface area contributed by atoms with Crippen LogP contribution in [0.15, 0.2) is 24.3 Å². The van der Waals surface area contributed by atoms with Crippen molar-refractivity contribution in [3.8, 4) is 0 Å². The van der Waals surface area contributed by atoms with Crippen molar-refractivity contribution in [2.24, 2.45) is 0 Å². The lowest BCUT2D eigenvalue weighted by Gasteiger charge is -2.04. The first kappa shape index (κ1) is 14.1. The van der Waals surface area contributed by atoms with Crippen LogP contribution in [0.5, 0.6) is 0 Å². The summed E-state index contributed by atoms with van der Waals surface area (Å²) in [5, 5.41) is 2.95. The van der Waals surface area contributed by atoms with Gasteiger partial charge in [-0.2, -0.15) is 22.5 Å². The van der Waals surface area contributed by atoms with E-state index in [0.717, 1.165) is 11.1 Å². The summed E-state index contributed by atoms with van der Waals surface area (Å²) in [5.74, 6) is -0.722. The van der Waals surface area contributed by atoms with Crippen LogP contribution < -0.4 is 5.32 Å². The molecule has 1 aromatic heterocycles. The third-order valence-electron chi connectivity index (χ3n) is 2.27. The Hall–Kier alpha value is -1.34. The molecule has 1 aromatic carbocycles. The summed E-state index contributed by atoms with van der Waals surface area (Å²) in [6, 6.07) is 7.46. The topological polar surface area (TPSA) is 37.8 Å². The zero-order valence-corrected chi connectivity index (χ0v) is 11.1. The van der Waals surface area contributed by atoms with Crippen LogP contribution in [0.3, 0.4) is 0 Å². The Bertz CT molecular complexity index is 556. The molecule has 0 fully saturated rings. The van der Waals surface area contributed by atoms with Gasteiger partial charge in [-0.05, 0) is 11.1 Å². The average Bonchev–Trinajstić information content (AvgIpc) is 2.85. The van der Waals surface area contributed by atoms with E-state index in [1.807, 2.05) is 24.3 Å². The fourth-order valence-corrected chi connectivity index (χ4v) is 2.16. The molecule has 102 valence electrons. The zero-order chi connectivity index (χ0) is 13.9. The fraction of sp³-hybridized carbons (Fsp3) is 0.273. The van der Waals surface area contributed by atoms with Crippen LogP contribution in [0.1, 0.15) is 17.0 Å². The van der Waals surface area contributed by atoms with Gasteiger partial charge in [-0.25, -0.2) is 0 Å². The monoisotopic (exact) mass is 307 g/mol. The first-order chi connectivity index (χ1) is 8.99. The summed E-state index contributed by atoms with van der Waals surface area (Å²) >= 11 is 6.39. The van der Waals surface area contributed by atoms with Crippen LogP contribution >= 0.6 is 23.1 Å². The summed E-state index contributed by atoms with van der Waals surface area (Å²) in [7, 11) is 0. The highest BCUT2D eigenvalue weighted by Gasteiger charge is 2.36. The molecule has 0 saturated heterocycles. The van der Waals surface area contributed by atoms with Crippen molar-refractivity contribution in [2.45, 2.75) is 18.6 Å². The van der Waals surface area contributed by atoms with Crippen molar-refractivity contribution in [3.05, 3.63) is 41.2 Å². The zero-order valence-electron chi connectivity index (χ0n) is 9.54. The second kappa shape index (κ2) is 5.75. The molecule has 1 N–H and O–H groups in total. The predicted octanol–water partition coefficient (Wildman–Crippen LogP) is 3.91. The van der Waals surface area contributed by atoms with E-state index in [1.54, 1.807) is 0 Å². The Morgan fingerprint density at radius 1 is 1.26 bits per heavy atom. The fourth-order valence-electron chi connectivity index (χ4n) is 1.41. The van der Waals surface area contributed by atoms with Crippen LogP contribution in [0.2, 0.25) is 0 Å². The molecule has 8 heteroatoms. The number of hydrogen-bond acceptors (Lipinski definition) is 4. The lowest BCUT2D eigenvalue weighted by atomic mass is 10.1. The molecule has 0 aliphatic carbocycles. The molecular weight excluding hydrogens is 299 g/mol. The van der Waals surface area contributed by atoms with Gasteiger partial charge in [0.2, 0.25) is 11.0 Å². The van der Waals surface area contributed by atoms with Crippen molar-refractivity contribution in [3.63, 3.8) is 0 Å². The van der Waals surface area contributed by atoms with E-state index in [0.29, 0.717) is 24.0 Å². The first-order valence-electron chi connectivity index (χ1n) is 5.27. The Morgan fingerprint density at radius 2 is 2.00 bits per heavy atom. The maximum Gasteiger partial charge on any atom is 0.452 e. The SMILES string of the molecule is FC(F)(F)c1nsc(NCc2cccc(CCl)c2)n1. The Balaban J connectivity index is 2.00. The molecule has 2 aromatic rings. The van der Waals surface area contributed by atoms with E-state index in [1.165, 1.54) is 0 Å². The highest BCUT2D eigenvalue weighted by molar-refractivity contribution is 7.09. The summed E-state index contributed by atoms with van der Waals surface area (Å²) in [4.78, 5) is 3.38. The summed E-state index contributed by atoms with van der Waals surface area (Å²) in [5.41, 5.74) is 1.87. The predicted molar refractivity (Wildman–Crippen MR) is 68.2 cm³/mol. The molecule has 0 bridgehead atoms. The largest absolute Gasteiger partial charge is 0.452 e. The first-order valence-corrected chi connectivity index (χ1v) is 6.58. The van der Waals surface area contributed by atoms with Gasteiger partial charge in [0.25, 0.3) is 0 Å². The van der Waals surface area contributed by atoms with Crippen LogP contribution in [0, 0.1) is 0 Å². The molecular formula is C11H9ClF3N3S. The number of anilines is 1. The molecule has 0 aliphatic rings. The maximum atomic E-state index is 12.3. The maximum absolute atomic E-state index is 12.3. The van der Waals surface area contributed by atoms with Gasteiger partial charge in [-0.1, -0.05) is 24.3 Å². The molecule has 2 rings (SSSR count). The number of halogens is 4. The molecule has 19 heavy (non-hydrogen) atoms. The Kier molecular flexibility index (Phi) is 4.26. The molecule has 0 amide bonds. The molecule has 0 saturated carbocycles. The molecule has 0 spiro atoms. The van der Waals surface area contributed by atoms with E-state index in [4.69, 9.17) is 11.6 Å². The number of nitrogens with zero attached hydrogens (tertiary/aromatic N) is 2. The van der Waals surface area contributed by atoms with Crippen molar-refractivity contribution in [2.75, 3.05) is 5.32 Å². The lowest BCUT2D eigenvalue weighted by molar-refractivity contribution is -0.144.